The zero-order valence-corrected chi connectivity index (χ0v) is 17.6. The molecule has 0 radical (unpaired) electrons. The number of benzene rings is 1. The third-order valence-electron chi connectivity index (χ3n) is 5.74. The topological polar surface area (TPSA) is 63.1 Å². The van der Waals surface area contributed by atoms with Gasteiger partial charge in [-0.05, 0) is 61.7 Å². The number of hydrogen-bond acceptors (Lipinski definition) is 5. The van der Waals surface area contributed by atoms with Crippen LogP contribution in [0.5, 0.6) is 0 Å². The molecule has 2 aromatic heterocycles. The number of aryl methyl sites for hydroxylation is 2. The van der Waals surface area contributed by atoms with Crippen molar-refractivity contribution in [2.75, 3.05) is 25.0 Å². The molecule has 3 heterocycles. The van der Waals surface area contributed by atoms with Crippen LogP contribution in [0.25, 0.3) is 5.69 Å². The highest BCUT2D eigenvalue weighted by atomic mass is 19.4. The number of likely N-dealkylation sites (N-methyl/N-ethyl adjacent to an activating group) is 1. The summed E-state index contributed by atoms with van der Waals surface area (Å²) in [7, 11) is 1.95. The molecule has 1 fully saturated rings. The normalized spacial score (nSPS) is 16.5. The number of halogens is 3. The molecule has 0 saturated carbocycles. The predicted molar refractivity (Wildman–Crippen MR) is 116 cm³/mol. The predicted octanol–water partition coefficient (Wildman–Crippen LogP) is 3.23. The van der Waals surface area contributed by atoms with Gasteiger partial charge in [0, 0.05) is 25.2 Å². The van der Waals surface area contributed by atoms with Crippen LogP contribution in [-0.4, -0.2) is 40.9 Å². The molecule has 1 saturated heterocycles. The number of rotatable bonds is 6. The van der Waals surface area contributed by atoms with E-state index >= 15 is 0 Å². The van der Waals surface area contributed by atoms with Gasteiger partial charge in [-0.2, -0.15) is 23.0 Å². The summed E-state index contributed by atoms with van der Waals surface area (Å²) in [6.07, 6.45) is 0.990. The van der Waals surface area contributed by atoms with Gasteiger partial charge in [-0.1, -0.05) is 12.1 Å². The fourth-order valence-corrected chi connectivity index (χ4v) is 3.82. The molecule has 0 amide bonds. The van der Waals surface area contributed by atoms with E-state index in [1.807, 2.05) is 19.2 Å². The van der Waals surface area contributed by atoms with Gasteiger partial charge in [-0.3, -0.25) is 4.79 Å². The van der Waals surface area contributed by atoms with Crippen LogP contribution in [-0.2, 0) is 19.0 Å². The monoisotopic (exact) mass is 443 g/mol. The van der Waals surface area contributed by atoms with Gasteiger partial charge in [0.25, 0.3) is 5.56 Å². The summed E-state index contributed by atoms with van der Waals surface area (Å²) in [5, 5.41) is 7.52. The first-order valence-corrected chi connectivity index (χ1v) is 10.5. The molecule has 6 nitrogen and oxygen atoms in total. The van der Waals surface area contributed by atoms with Crippen LogP contribution in [0.3, 0.4) is 0 Å². The largest absolute Gasteiger partial charge is 0.416 e. The minimum atomic E-state index is -4.34. The Hall–Kier alpha value is -3.20. The summed E-state index contributed by atoms with van der Waals surface area (Å²) in [6.45, 7) is 1.83. The third-order valence-corrected chi connectivity index (χ3v) is 5.74. The maximum atomic E-state index is 12.7. The van der Waals surface area contributed by atoms with Crippen LogP contribution in [0.15, 0.2) is 59.7 Å². The quantitative estimate of drug-likeness (QED) is 0.634. The van der Waals surface area contributed by atoms with E-state index in [4.69, 9.17) is 0 Å². The van der Waals surface area contributed by atoms with Crippen molar-refractivity contribution in [3.8, 4) is 5.69 Å². The lowest BCUT2D eigenvalue weighted by atomic mass is 10.0. The molecule has 9 heteroatoms. The minimum absolute atomic E-state index is 0.277. The van der Waals surface area contributed by atoms with Crippen molar-refractivity contribution in [3.05, 3.63) is 81.9 Å². The molecule has 3 aromatic rings. The Kier molecular flexibility index (Phi) is 6.27. The highest BCUT2D eigenvalue weighted by molar-refractivity contribution is 5.44. The Balaban J connectivity index is 1.40. The zero-order valence-electron chi connectivity index (χ0n) is 17.6. The first-order chi connectivity index (χ1) is 15.3. The second-order valence-electron chi connectivity index (χ2n) is 7.90. The number of anilines is 1. The van der Waals surface area contributed by atoms with E-state index in [2.05, 4.69) is 20.3 Å². The molecule has 1 atom stereocenters. The lowest BCUT2D eigenvalue weighted by Gasteiger charge is -2.17. The Morgan fingerprint density at radius 3 is 2.41 bits per heavy atom. The molecule has 168 valence electrons. The van der Waals surface area contributed by atoms with Crippen LogP contribution < -0.4 is 15.8 Å². The molecule has 1 aliphatic rings. The van der Waals surface area contributed by atoms with Gasteiger partial charge in [0.15, 0.2) is 0 Å². The van der Waals surface area contributed by atoms with E-state index in [0.29, 0.717) is 24.6 Å². The molecule has 0 spiro atoms. The summed E-state index contributed by atoms with van der Waals surface area (Å²) >= 11 is 0. The average Bonchev–Trinajstić information content (AvgIpc) is 3.27. The third kappa shape index (κ3) is 4.99. The van der Waals surface area contributed by atoms with Crippen molar-refractivity contribution in [3.63, 3.8) is 0 Å². The van der Waals surface area contributed by atoms with Crippen molar-refractivity contribution < 1.29 is 13.2 Å². The Morgan fingerprint density at radius 2 is 1.81 bits per heavy atom. The number of alkyl halides is 3. The standard InChI is InChI=1S/C23H24F3N5O/c1-27-19-10-11-30(15-19)21-9-8-20(14-28-21)31-22(32)12-17(13-29-31)3-2-16-4-6-18(7-5-16)23(24,25)26/h4-9,12-14,19,27H,2-3,10-11,15H2,1H3/t19-/m0/s1. The van der Waals surface area contributed by atoms with Crippen molar-refractivity contribution in [2.45, 2.75) is 31.5 Å². The molecule has 1 aromatic carbocycles. The molecule has 0 unspecified atom stereocenters. The maximum Gasteiger partial charge on any atom is 0.416 e. The van der Waals surface area contributed by atoms with Gasteiger partial charge in [0.2, 0.25) is 0 Å². The zero-order chi connectivity index (χ0) is 22.7. The van der Waals surface area contributed by atoms with Gasteiger partial charge in [0.05, 0.1) is 23.6 Å². The number of nitrogens with zero attached hydrogens (tertiary/aromatic N) is 4. The van der Waals surface area contributed by atoms with Crippen molar-refractivity contribution in [2.24, 2.45) is 0 Å². The summed E-state index contributed by atoms with van der Waals surface area (Å²) in [4.78, 5) is 19.2. The van der Waals surface area contributed by atoms with Crippen molar-refractivity contribution in [1.82, 2.24) is 20.1 Å². The highest BCUT2D eigenvalue weighted by Crippen LogP contribution is 2.29. The van der Waals surface area contributed by atoms with Crippen LogP contribution in [0.1, 0.15) is 23.1 Å². The van der Waals surface area contributed by atoms with Crippen LogP contribution in [0.4, 0.5) is 19.0 Å². The minimum Gasteiger partial charge on any atom is -0.355 e. The smallest absolute Gasteiger partial charge is 0.355 e. The highest BCUT2D eigenvalue weighted by Gasteiger charge is 2.29. The summed E-state index contributed by atoms with van der Waals surface area (Å²) < 4.78 is 39.3. The van der Waals surface area contributed by atoms with E-state index in [0.717, 1.165) is 48.6 Å². The lowest BCUT2D eigenvalue weighted by Crippen LogP contribution is -2.29. The van der Waals surface area contributed by atoms with Gasteiger partial charge in [0.1, 0.15) is 5.82 Å². The van der Waals surface area contributed by atoms with Crippen LogP contribution >= 0.6 is 0 Å². The number of nitrogens with one attached hydrogen (secondary N) is 1. The first-order valence-electron chi connectivity index (χ1n) is 10.5. The number of hydrogen-bond donors (Lipinski definition) is 1. The van der Waals surface area contributed by atoms with E-state index in [9.17, 15) is 18.0 Å². The first kappa shape index (κ1) is 22.0. The molecule has 1 aliphatic heterocycles. The summed E-state index contributed by atoms with van der Waals surface area (Å²) in [5.41, 5.74) is 1.13. The molecule has 0 aliphatic carbocycles. The molecular formula is C23H24F3N5O. The second-order valence-corrected chi connectivity index (χ2v) is 7.90. The van der Waals surface area contributed by atoms with E-state index in [1.165, 1.54) is 22.9 Å². The number of pyridine rings is 1. The molecule has 4 rings (SSSR count). The number of aromatic nitrogens is 3. The van der Waals surface area contributed by atoms with E-state index in [1.54, 1.807) is 12.4 Å². The maximum absolute atomic E-state index is 12.7. The molecule has 1 N–H and O–H groups in total. The molecule has 0 bridgehead atoms. The fraction of sp³-hybridized carbons (Fsp3) is 0.348. The Labute approximate surface area is 183 Å². The van der Waals surface area contributed by atoms with E-state index < -0.39 is 11.7 Å². The molecule has 32 heavy (non-hydrogen) atoms. The van der Waals surface area contributed by atoms with Gasteiger partial charge in [-0.25, -0.2) is 4.98 Å². The van der Waals surface area contributed by atoms with Gasteiger partial charge >= 0.3 is 6.18 Å². The van der Waals surface area contributed by atoms with E-state index in [-0.39, 0.29) is 5.56 Å². The second kappa shape index (κ2) is 9.12. The van der Waals surface area contributed by atoms with Crippen LogP contribution in [0, 0.1) is 0 Å². The SMILES string of the molecule is CN[C@H]1CCN(c2ccc(-n3ncc(CCc4ccc(C(F)(F)F)cc4)cc3=O)cn2)C1. The van der Waals surface area contributed by atoms with Gasteiger partial charge < -0.3 is 10.2 Å². The molecular weight excluding hydrogens is 419 g/mol. The van der Waals surface area contributed by atoms with Crippen molar-refractivity contribution in [1.29, 1.82) is 0 Å². The lowest BCUT2D eigenvalue weighted by molar-refractivity contribution is -0.137. The Morgan fingerprint density at radius 1 is 1.06 bits per heavy atom. The average molecular weight is 443 g/mol. The van der Waals surface area contributed by atoms with Gasteiger partial charge in [-0.15, -0.1) is 0 Å². The van der Waals surface area contributed by atoms with Crippen molar-refractivity contribution >= 4 is 5.82 Å². The van der Waals surface area contributed by atoms with Crippen LogP contribution in [0.2, 0.25) is 0 Å². The Bertz CT molecular complexity index is 1110. The fourth-order valence-electron chi connectivity index (χ4n) is 3.82. The summed E-state index contributed by atoms with van der Waals surface area (Å²) in [6, 6.07) is 10.7. The summed E-state index contributed by atoms with van der Waals surface area (Å²) in [5.74, 6) is 0.868.